The van der Waals surface area contributed by atoms with Crippen LogP contribution in [0, 0.1) is 5.92 Å². The van der Waals surface area contributed by atoms with Crippen LogP contribution in [-0.4, -0.2) is 44.8 Å². The summed E-state index contributed by atoms with van der Waals surface area (Å²) in [4.78, 5) is 36.9. The summed E-state index contributed by atoms with van der Waals surface area (Å²) in [6.45, 7) is 4.13. The van der Waals surface area contributed by atoms with Gasteiger partial charge in [-0.25, -0.2) is 14.6 Å². The van der Waals surface area contributed by atoms with Crippen LogP contribution in [0.4, 0.5) is 5.95 Å². The van der Waals surface area contributed by atoms with Gasteiger partial charge in [0, 0.05) is 37.0 Å². The lowest BCUT2D eigenvalue weighted by Gasteiger charge is -2.29. The normalized spacial score (nSPS) is 22.7. The highest BCUT2D eigenvalue weighted by Crippen LogP contribution is 2.31. The van der Waals surface area contributed by atoms with E-state index >= 15 is 0 Å². The number of aryl methyl sites for hydroxylation is 2. The zero-order chi connectivity index (χ0) is 21.4. The molecule has 1 saturated heterocycles. The van der Waals surface area contributed by atoms with Crippen molar-refractivity contribution < 1.29 is 4.79 Å². The van der Waals surface area contributed by atoms with Crippen molar-refractivity contribution in [2.45, 2.75) is 70.9 Å². The second kappa shape index (κ2) is 8.40. The van der Waals surface area contributed by atoms with Crippen LogP contribution in [0.5, 0.6) is 0 Å². The molecule has 0 unspecified atom stereocenters. The summed E-state index contributed by atoms with van der Waals surface area (Å²) in [5, 5.41) is 7.70. The molecule has 2 aromatic rings. The van der Waals surface area contributed by atoms with Gasteiger partial charge in [0.05, 0.1) is 11.4 Å². The van der Waals surface area contributed by atoms with Crippen molar-refractivity contribution in [3.8, 4) is 11.3 Å². The predicted octanol–water partition coefficient (Wildman–Crippen LogP) is 2.09. The number of nitrogens with one attached hydrogen (secondary N) is 1. The van der Waals surface area contributed by atoms with Gasteiger partial charge in [-0.1, -0.05) is 19.8 Å². The van der Waals surface area contributed by atoms with Crippen molar-refractivity contribution in [2.24, 2.45) is 5.92 Å². The van der Waals surface area contributed by atoms with Crippen LogP contribution in [0.3, 0.4) is 0 Å². The third-order valence-corrected chi connectivity index (χ3v) is 6.96. The zero-order valence-corrected chi connectivity index (χ0v) is 18.1. The molecule has 2 fully saturated rings. The zero-order valence-electron chi connectivity index (χ0n) is 18.1. The summed E-state index contributed by atoms with van der Waals surface area (Å²) in [6, 6.07) is 1.81. The highest BCUT2D eigenvalue weighted by Gasteiger charge is 2.25. The summed E-state index contributed by atoms with van der Waals surface area (Å²) in [5.74, 6) is 1.11. The van der Waals surface area contributed by atoms with Gasteiger partial charge in [0.25, 0.3) is 5.56 Å². The molecule has 0 radical (unpaired) electrons. The summed E-state index contributed by atoms with van der Waals surface area (Å²) >= 11 is 0. The maximum atomic E-state index is 12.6. The number of carbonyl (C=O) groups excluding carboxylic acids is 1. The van der Waals surface area contributed by atoms with E-state index in [-0.39, 0.29) is 24.1 Å². The van der Waals surface area contributed by atoms with E-state index in [4.69, 9.17) is 4.98 Å². The molecule has 1 aliphatic heterocycles. The molecule has 3 aliphatic rings. The Bertz CT molecular complexity index is 1040. The first-order chi connectivity index (χ1) is 15.1. The molecule has 1 amide bonds. The van der Waals surface area contributed by atoms with Crippen LogP contribution < -0.4 is 15.8 Å². The number of anilines is 1. The van der Waals surface area contributed by atoms with Gasteiger partial charge in [-0.05, 0) is 50.0 Å². The van der Waals surface area contributed by atoms with Gasteiger partial charge in [-0.3, -0.25) is 9.59 Å². The Morgan fingerprint density at radius 2 is 1.97 bits per heavy atom. The molecule has 3 heterocycles. The Labute approximate surface area is 182 Å². The van der Waals surface area contributed by atoms with Gasteiger partial charge in [0.15, 0.2) is 0 Å². The molecular formula is C23H30N6O2. The van der Waals surface area contributed by atoms with Crippen molar-refractivity contribution in [3.63, 3.8) is 0 Å². The largest absolute Gasteiger partial charge is 0.351 e. The number of fused-ring (bicyclic) bond motifs is 3. The second-order valence-electron chi connectivity index (χ2n) is 9.17. The summed E-state index contributed by atoms with van der Waals surface area (Å²) < 4.78 is 1.28. The molecule has 1 saturated carbocycles. The first-order valence-corrected chi connectivity index (χ1v) is 11.6. The summed E-state index contributed by atoms with van der Waals surface area (Å²) in [5.41, 5.74) is 3.26. The van der Waals surface area contributed by atoms with Crippen molar-refractivity contribution in [3.05, 3.63) is 33.9 Å². The maximum absolute atomic E-state index is 12.6. The minimum absolute atomic E-state index is 0.0581. The van der Waals surface area contributed by atoms with Gasteiger partial charge in [-0.2, -0.15) is 5.10 Å². The Balaban J connectivity index is 1.38. The van der Waals surface area contributed by atoms with Crippen LogP contribution in [0.25, 0.3) is 11.3 Å². The van der Waals surface area contributed by atoms with Gasteiger partial charge in [0.1, 0.15) is 6.54 Å². The smallest absolute Gasteiger partial charge is 0.267 e. The topological polar surface area (TPSA) is 93.0 Å². The van der Waals surface area contributed by atoms with E-state index in [0.717, 1.165) is 73.7 Å². The quantitative estimate of drug-likeness (QED) is 0.811. The van der Waals surface area contributed by atoms with E-state index < -0.39 is 0 Å². The van der Waals surface area contributed by atoms with E-state index in [2.05, 4.69) is 27.2 Å². The SMILES string of the molecule is C[C@@H]1CCCC[C@H]1NC(=O)Cn1nc2c(cc1=O)CCc1nc(N3CCCC3)ncc1-2. The molecule has 2 atom stereocenters. The molecule has 0 bridgehead atoms. The standard InChI is InChI=1S/C23H30N6O2/c1-15-6-2-3-7-18(15)25-20(30)14-29-21(31)12-16-8-9-19-17(22(16)27-29)13-24-23(26-19)28-10-4-5-11-28/h12-13,15,18H,2-11,14H2,1H3,(H,25,30)/t15-,18-/m1/s1. The number of amides is 1. The number of nitrogens with zero attached hydrogens (tertiary/aromatic N) is 5. The molecule has 31 heavy (non-hydrogen) atoms. The van der Waals surface area contributed by atoms with Crippen molar-refractivity contribution >= 4 is 11.9 Å². The molecule has 8 heteroatoms. The lowest BCUT2D eigenvalue weighted by atomic mass is 9.86. The van der Waals surface area contributed by atoms with Gasteiger partial charge >= 0.3 is 0 Å². The molecule has 164 valence electrons. The van der Waals surface area contributed by atoms with Gasteiger partial charge in [0.2, 0.25) is 11.9 Å². The van der Waals surface area contributed by atoms with Crippen LogP contribution >= 0.6 is 0 Å². The van der Waals surface area contributed by atoms with Gasteiger partial charge < -0.3 is 10.2 Å². The van der Waals surface area contributed by atoms with Crippen molar-refractivity contribution in [1.29, 1.82) is 0 Å². The highest BCUT2D eigenvalue weighted by atomic mass is 16.2. The number of hydrogen-bond donors (Lipinski definition) is 1. The Hall–Kier alpha value is -2.77. The molecule has 2 aliphatic carbocycles. The third-order valence-electron chi connectivity index (χ3n) is 6.96. The number of aromatic nitrogens is 4. The van der Waals surface area contributed by atoms with Crippen LogP contribution in [0.2, 0.25) is 0 Å². The number of rotatable bonds is 4. The fraction of sp³-hybridized carbons (Fsp3) is 0.609. The third kappa shape index (κ3) is 4.07. The number of hydrogen-bond acceptors (Lipinski definition) is 6. The first kappa shape index (κ1) is 20.2. The fourth-order valence-corrected chi connectivity index (χ4v) is 5.09. The predicted molar refractivity (Wildman–Crippen MR) is 118 cm³/mol. The second-order valence-corrected chi connectivity index (χ2v) is 9.17. The molecule has 2 aromatic heterocycles. The van der Waals surface area contributed by atoms with Crippen LogP contribution in [0.15, 0.2) is 17.1 Å². The Kier molecular flexibility index (Phi) is 5.46. The lowest BCUT2D eigenvalue weighted by molar-refractivity contribution is -0.123. The van der Waals surface area contributed by atoms with E-state index in [1.54, 1.807) is 6.07 Å². The first-order valence-electron chi connectivity index (χ1n) is 11.6. The van der Waals surface area contributed by atoms with E-state index in [1.165, 1.54) is 23.9 Å². The average molecular weight is 423 g/mol. The van der Waals surface area contributed by atoms with Crippen molar-refractivity contribution in [1.82, 2.24) is 25.1 Å². The molecular weight excluding hydrogens is 392 g/mol. The highest BCUT2D eigenvalue weighted by molar-refractivity contribution is 5.76. The van der Waals surface area contributed by atoms with E-state index in [0.29, 0.717) is 5.92 Å². The summed E-state index contributed by atoms with van der Waals surface area (Å²) in [7, 11) is 0. The molecule has 8 nitrogen and oxygen atoms in total. The monoisotopic (exact) mass is 422 g/mol. The molecule has 0 aromatic carbocycles. The molecule has 0 spiro atoms. The minimum atomic E-state index is -0.233. The fourth-order valence-electron chi connectivity index (χ4n) is 5.09. The lowest BCUT2D eigenvalue weighted by Crippen LogP contribution is -2.44. The maximum Gasteiger partial charge on any atom is 0.267 e. The Morgan fingerprint density at radius 1 is 1.16 bits per heavy atom. The number of carbonyl (C=O) groups is 1. The average Bonchev–Trinajstić information content (AvgIpc) is 3.30. The van der Waals surface area contributed by atoms with Crippen LogP contribution in [-0.2, 0) is 24.2 Å². The van der Waals surface area contributed by atoms with Gasteiger partial charge in [-0.15, -0.1) is 0 Å². The summed E-state index contributed by atoms with van der Waals surface area (Å²) in [6.07, 6.45) is 10.2. The van der Waals surface area contributed by atoms with E-state index in [1.807, 2.05) is 6.20 Å². The van der Waals surface area contributed by atoms with E-state index in [9.17, 15) is 9.59 Å². The molecule has 5 rings (SSSR count). The van der Waals surface area contributed by atoms with Crippen LogP contribution in [0.1, 0.15) is 56.7 Å². The van der Waals surface area contributed by atoms with Crippen molar-refractivity contribution in [2.75, 3.05) is 18.0 Å². The Morgan fingerprint density at radius 3 is 2.77 bits per heavy atom. The minimum Gasteiger partial charge on any atom is -0.351 e. The molecule has 1 N–H and O–H groups in total.